The molecule has 2 unspecified atom stereocenters. The minimum absolute atomic E-state index is 0.0797. The maximum absolute atomic E-state index is 11.8. The number of carbonyl (C=O) groups is 1. The van der Waals surface area contributed by atoms with E-state index in [2.05, 4.69) is 17.9 Å². The van der Waals surface area contributed by atoms with Gasteiger partial charge in [0.05, 0.1) is 0 Å². The average molecular weight is 289 g/mol. The third kappa shape index (κ3) is 2.53. The molecule has 4 nitrogen and oxygen atoms in total. The summed E-state index contributed by atoms with van der Waals surface area (Å²) in [4.78, 5) is 14.0. The Bertz CT molecular complexity index is 506. The molecule has 2 aliphatic rings. The van der Waals surface area contributed by atoms with Gasteiger partial charge in [-0.15, -0.1) is 0 Å². The second-order valence-corrected chi connectivity index (χ2v) is 6.19. The third-order valence-electron chi connectivity index (χ3n) is 4.82. The number of likely N-dealkylation sites (tertiary alicyclic amines) is 1. The largest absolute Gasteiger partial charge is 0.488 e. The first-order chi connectivity index (χ1) is 10.2. The number of aliphatic carboxylic acids is 1. The Labute approximate surface area is 125 Å². The van der Waals surface area contributed by atoms with Crippen LogP contribution in [-0.2, 0) is 11.2 Å². The number of benzene rings is 1. The first kappa shape index (κ1) is 14.4. The van der Waals surface area contributed by atoms with Crippen LogP contribution in [0.2, 0.25) is 0 Å². The van der Waals surface area contributed by atoms with E-state index in [9.17, 15) is 9.90 Å². The van der Waals surface area contributed by atoms with Crippen LogP contribution in [0.1, 0.15) is 38.2 Å². The zero-order valence-corrected chi connectivity index (χ0v) is 12.5. The van der Waals surface area contributed by atoms with E-state index in [4.69, 9.17) is 4.74 Å². The number of rotatable bonds is 5. The van der Waals surface area contributed by atoms with E-state index in [1.165, 1.54) is 5.56 Å². The molecule has 114 valence electrons. The van der Waals surface area contributed by atoms with Gasteiger partial charge in [-0.25, -0.2) is 0 Å². The van der Waals surface area contributed by atoms with E-state index in [1.807, 2.05) is 18.2 Å². The van der Waals surface area contributed by atoms with Crippen LogP contribution < -0.4 is 4.74 Å². The van der Waals surface area contributed by atoms with Crippen molar-refractivity contribution in [2.24, 2.45) is 0 Å². The van der Waals surface area contributed by atoms with Crippen molar-refractivity contribution in [3.63, 3.8) is 0 Å². The quantitative estimate of drug-likeness (QED) is 0.905. The highest BCUT2D eigenvalue weighted by molar-refractivity contribution is 5.79. The van der Waals surface area contributed by atoms with Crippen LogP contribution >= 0.6 is 0 Å². The fourth-order valence-electron chi connectivity index (χ4n) is 3.85. The number of hydrogen-bond donors (Lipinski definition) is 1. The number of carboxylic acids is 1. The molecule has 4 heteroatoms. The van der Waals surface area contributed by atoms with Gasteiger partial charge in [-0.2, -0.15) is 0 Å². The molecule has 3 rings (SSSR count). The van der Waals surface area contributed by atoms with Crippen LogP contribution in [-0.4, -0.2) is 40.7 Å². The summed E-state index contributed by atoms with van der Waals surface area (Å²) in [6.07, 6.45) is 4.31. The van der Waals surface area contributed by atoms with Crippen molar-refractivity contribution in [1.82, 2.24) is 4.90 Å². The molecule has 0 aliphatic carbocycles. The summed E-state index contributed by atoms with van der Waals surface area (Å²) in [7, 11) is 0. The Hall–Kier alpha value is -1.55. The molecule has 0 saturated carbocycles. The molecule has 0 amide bonds. The minimum Gasteiger partial charge on any atom is -0.488 e. The van der Waals surface area contributed by atoms with Gasteiger partial charge in [-0.3, -0.25) is 9.69 Å². The molecule has 21 heavy (non-hydrogen) atoms. The van der Waals surface area contributed by atoms with Gasteiger partial charge in [0, 0.05) is 13.0 Å². The SMILES string of the molecule is CCCC1(C(=O)O)CCCN1CC1Cc2ccccc2O1. The van der Waals surface area contributed by atoms with Crippen LogP contribution in [0.15, 0.2) is 24.3 Å². The lowest BCUT2D eigenvalue weighted by molar-refractivity contribution is -0.150. The molecule has 1 aromatic rings. The predicted octanol–water partition coefficient (Wildman–Crippen LogP) is 2.71. The molecule has 0 spiro atoms. The minimum atomic E-state index is -0.674. The Kier molecular flexibility index (Phi) is 3.89. The van der Waals surface area contributed by atoms with E-state index >= 15 is 0 Å². The third-order valence-corrected chi connectivity index (χ3v) is 4.82. The standard InChI is InChI=1S/C17H23NO3/c1-2-8-17(16(19)20)9-5-10-18(17)12-14-11-13-6-3-4-7-15(13)21-14/h3-4,6-7,14H,2,5,8-12H2,1H3,(H,19,20). The number of hydrogen-bond acceptors (Lipinski definition) is 3. The lowest BCUT2D eigenvalue weighted by atomic mass is 9.90. The maximum atomic E-state index is 11.8. The summed E-state index contributed by atoms with van der Waals surface area (Å²) < 4.78 is 5.99. The summed E-state index contributed by atoms with van der Waals surface area (Å²) >= 11 is 0. The molecule has 1 N–H and O–H groups in total. The molecule has 2 atom stereocenters. The lowest BCUT2D eigenvalue weighted by Crippen LogP contribution is -2.53. The Morgan fingerprint density at radius 1 is 1.48 bits per heavy atom. The van der Waals surface area contributed by atoms with Gasteiger partial charge in [0.15, 0.2) is 0 Å². The lowest BCUT2D eigenvalue weighted by Gasteiger charge is -2.35. The zero-order valence-electron chi connectivity index (χ0n) is 12.5. The van der Waals surface area contributed by atoms with Crippen molar-refractivity contribution >= 4 is 5.97 Å². The van der Waals surface area contributed by atoms with Gasteiger partial charge in [-0.1, -0.05) is 31.5 Å². The predicted molar refractivity (Wildman–Crippen MR) is 80.6 cm³/mol. The van der Waals surface area contributed by atoms with E-state index in [0.29, 0.717) is 6.54 Å². The number of ether oxygens (including phenoxy) is 1. The highest BCUT2D eigenvalue weighted by Gasteiger charge is 2.47. The average Bonchev–Trinajstić information content (AvgIpc) is 3.04. The van der Waals surface area contributed by atoms with Gasteiger partial charge < -0.3 is 9.84 Å². The van der Waals surface area contributed by atoms with E-state index < -0.39 is 11.5 Å². The molecule has 0 bridgehead atoms. The first-order valence-corrected chi connectivity index (χ1v) is 7.89. The van der Waals surface area contributed by atoms with Crippen LogP contribution in [0, 0.1) is 0 Å². The number of para-hydroxylation sites is 1. The van der Waals surface area contributed by atoms with Crippen LogP contribution in [0.4, 0.5) is 0 Å². The van der Waals surface area contributed by atoms with Crippen LogP contribution in [0.5, 0.6) is 5.75 Å². The number of nitrogens with zero attached hydrogens (tertiary/aromatic N) is 1. The molecule has 1 aromatic carbocycles. The summed E-state index contributed by atoms with van der Waals surface area (Å²) in [5.74, 6) is 0.287. The second kappa shape index (κ2) is 5.68. The Morgan fingerprint density at radius 3 is 3.00 bits per heavy atom. The maximum Gasteiger partial charge on any atom is 0.324 e. The fraction of sp³-hybridized carbons (Fsp3) is 0.588. The normalized spacial score (nSPS) is 28.3. The van der Waals surface area contributed by atoms with Crippen LogP contribution in [0.3, 0.4) is 0 Å². The molecular formula is C17H23NO3. The van der Waals surface area contributed by atoms with Gasteiger partial charge in [0.2, 0.25) is 0 Å². The highest BCUT2D eigenvalue weighted by Crippen LogP contribution is 2.36. The molecular weight excluding hydrogens is 266 g/mol. The monoisotopic (exact) mass is 289 g/mol. The molecule has 0 radical (unpaired) electrons. The number of fused-ring (bicyclic) bond motifs is 1. The topological polar surface area (TPSA) is 49.8 Å². The van der Waals surface area contributed by atoms with E-state index in [-0.39, 0.29) is 6.10 Å². The summed E-state index contributed by atoms with van der Waals surface area (Å²) in [6.45, 7) is 3.63. The van der Waals surface area contributed by atoms with Crippen LogP contribution in [0.25, 0.3) is 0 Å². The van der Waals surface area contributed by atoms with Gasteiger partial charge in [-0.05, 0) is 37.4 Å². The smallest absolute Gasteiger partial charge is 0.324 e. The summed E-state index contributed by atoms with van der Waals surface area (Å²) in [6, 6.07) is 8.10. The van der Waals surface area contributed by atoms with E-state index in [1.54, 1.807) is 0 Å². The second-order valence-electron chi connectivity index (χ2n) is 6.19. The first-order valence-electron chi connectivity index (χ1n) is 7.89. The molecule has 2 heterocycles. The van der Waals surface area contributed by atoms with Crippen molar-refractivity contribution in [3.8, 4) is 5.75 Å². The van der Waals surface area contributed by atoms with Gasteiger partial charge in [0.1, 0.15) is 17.4 Å². The Balaban J connectivity index is 1.72. The zero-order chi connectivity index (χ0) is 14.9. The van der Waals surface area contributed by atoms with Gasteiger partial charge in [0.25, 0.3) is 0 Å². The van der Waals surface area contributed by atoms with Crippen molar-refractivity contribution in [2.75, 3.05) is 13.1 Å². The number of carboxylic acid groups (broad SMARTS) is 1. The molecule has 0 aromatic heterocycles. The Morgan fingerprint density at radius 2 is 2.29 bits per heavy atom. The van der Waals surface area contributed by atoms with Crippen molar-refractivity contribution in [2.45, 2.75) is 50.7 Å². The fourth-order valence-corrected chi connectivity index (χ4v) is 3.85. The molecule has 1 fully saturated rings. The highest BCUT2D eigenvalue weighted by atomic mass is 16.5. The summed E-state index contributed by atoms with van der Waals surface area (Å²) in [5.41, 5.74) is 0.561. The summed E-state index contributed by atoms with van der Waals surface area (Å²) in [5, 5.41) is 9.73. The molecule has 1 saturated heterocycles. The van der Waals surface area contributed by atoms with Crippen molar-refractivity contribution in [3.05, 3.63) is 29.8 Å². The molecule has 2 aliphatic heterocycles. The van der Waals surface area contributed by atoms with Crippen molar-refractivity contribution in [1.29, 1.82) is 0 Å². The van der Waals surface area contributed by atoms with E-state index in [0.717, 1.165) is 44.4 Å². The van der Waals surface area contributed by atoms with Gasteiger partial charge >= 0.3 is 5.97 Å². The van der Waals surface area contributed by atoms with Crippen molar-refractivity contribution < 1.29 is 14.6 Å².